The average molecular weight is 329 g/mol. The molecular weight excluding hydrogens is 326 g/mol. The molecule has 0 saturated heterocycles. The maximum atomic E-state index is 12.0. The Hall–Kier alpha value is -2.75. The Bertz CT molecular complexity index is 995. The molecule has 0 unspecified atom stereocenters. The Morgan fingerprint density at radius 3 is 2.55 bits per heavy atom. The fraction of sp³-hybridized carbons (Fsp3) is 0. The van der Waals surface area contributed by atoms with Gasteiger partial charge in [0.1, 0.15) is 28.2 Å². The second kappa shape index (κ2) is 5.22. The highest BCUT2D eigenvalue weighted by atomic mass is 32.2. The van der Waals surface area contributed by atoms with Crippen molar-refractivity contribution in [1.82, 2.24) is 0 Å². The third-order valence-corrected chi connectivity index (χ3v) is 5.44. The molecule has 1 aromatic carbocycles. The van der Waals surface area contributed by atoms with E-state index in [0.29, 0.717) is 14.5 Å². The monoisotopic (exact) mass is 329 g/mol. The van der Waals surface area contributed by atoms with Crippen LogP contribution in [0.5, 0.6) is 0 Å². The highest BCUT2D eigenvalue weighted by molar-refractivity contribution is 8.24. The van der Waals surface area contributed by atoms with Gasteiger partial charge in [0.15, 0.2) is 0 Å². The van der Waals surface area contributed by atoms with Gasteiger partial charge in [0.2, 0.25) is 0 Å². The smallest absolute Gasteiger partial charge is 0.351 e. The lowest BCUT2D eigenvalue weighted by Crippen LogP contribution is -2.01. The summed E-state index contributed by atoms with van der Waals surface area (Å²) in [6, 6.07) is 7.44. The van der Waals surface area contributed by atoms with Crippen LogP contribution < -0.4 is 5.63 Å². The first-order valence-corrected chi connectivity index (χ1v) is 7.34. The Kier molecular flexibility index (Phi) is 3.37. The van der Waals surface area contributed by atoms with Crippen LogP contribution in [0.2, 0.25) is 0 Å². The summed E-state index contributed by atoms with van der Waals surface area (Å²) in [6.45, 7) is 0. The zero-order valence-corrected chi connectivity index (χ0v) is 12.2. The summed E-state index contributed by atoms with van der Waals surface area (Å²) >= 11 is 2.04. The van der Waals surface area contributed by atoms with E-state index in [1.807, 2.05) is 0 Å². The molecule has 1 aliphatic rings. The zero-order valence-electron chi connectivity index (χ0n) is 10.5. The third-order valence-electron chi connectivity index (χ3n) is 2.83. The molecule has 2 aromatic rings. The van der Waals surface area contributed by atoms with Crippen LogP contribution in [-0.4, -0.2) is 4.92 Å². The van der Waals surface area contributed by atoms with Crippen molar-refractivity contribution in [2.24, 2.45) is 0 Å². The van der Waals surface area contributed by atoms with Crippen LogP contribution in [0.1, 0.15) is 0 Å². The lowest BCUT2D eigenvalue weighted by molar-refractivity contribution is -0.384. The van der Waals surface area contributed by atoms with Gasteiger partial charge in [-0.2, -0.15) is 10.5 Å². The molecule has 0 fully saturated rings. The number of allylic oxidation sites excluding steroid dienone is 1. The van der Waals surface area contributed by atoms with Crippen LogP contribution >= 0.6 is 23.5 Å². The summed E-state index contributed by atoms with van der Waals surface area (Å²) < 4.78 is 5.50. The van der Waals surface area contributed by atoms with Crippen molar-refractivity contribution in [3.8, 4) is 12.1 Å². The second-order valence-electron chi connectivity index (χ2n) is 4.08. The average Bonchev–Trinajstić information content (AvgIpc) is 2.94. The van der Waals surface area contributed by atoms with Gasteiger partial charge >= 0.3 is 5.63 Å². The number of thioether (sulfide) groups is 2. The number of hydrogen-bond acceptors (Lipinski definition) is 8. The van der Waals surface area contributed by atoms with Crippen molar-refractivity contribution in [2.75, 3.05) is 0 Å². The van der Waals surface area contributed by atoms with Crippen LogP contribution in [0.4, 0.5) is 5.69 Å². The summed E-state index contributed by atoms with van der Waals surface area (Å²) in [5.74, 6) is 0. The molecular formula is C13H3N3O4S2. The van der Waals surface area contributed by atoms with Gasteiger partial charge in [0.05, 0.1) is 9.16 Å². The summed E-state index contributed by atoms with van der Waals surface area (Å²) in [6.07, 6.45) is 0. The van der Waals surface area contributed by atoms with Gasteiger partial charge in [-0.3, -0.25) is 10.1 Å². The summed E-state index contributed by atoms with van der Waals surface area (Å²) in [7, 11) is 0. The molecule has 0 amide bonds. The number of nitro groups is 1. The van der Waals surface area contributed by atoms with E-state index in [0.717, 1.165) is 23.5 Å². The Balaban J connectivity index is 2.30. The molecule has 3 rings (SSSR count). The van der Waals surface area contributed by atoms with Gasteiger partial charge in [-0.1, -0.05) is 23.5 Å². The maximum Gasteiger partial charge on any atom is 0.351 e. The maximum absolute atomic E-state index is 12.0. The number of fused-ring (bicyclic) bond motifs is 3. The minimum Gasteiger partial charge on any atom is -0.422 e. The largest absolute Gasteiger partial charge is 0.422 e. The Labute approximate surface area is 131 Å². The van der Waals surface area contributed by atoms with Crippen LogP contribution in [0.25, 0.3) is 11.0 Å². The van der Waals surface area contributed by atoms with E-state index < -0.39 is 10.5 Å². The normalized spacial score (nSPS) is 12.5. The van der Waals surface area contributed by atoms with Crippen LogP contribution in [0.3, 0.4) is 0 Å². The number of benzene rings is 1. The van der Waals surface area contributed by atoms with Crippen molar-refractivity contribution in [3.63, 3.8) is 0 Å². The Morgan fingerprint density at radius 1 is 1.23 bits per heavy atom. The second-order valence-corrected chi connectivity index (χ2v) is 6.38. The van der Waals surface area contributed by atoms with Crippen LogP contribution in [-0.2, 0) is 0 Å². The standard InChI is InChI=1S/C13H3N3O4S2/c14-4-6(5-15)13-21-10-8-3-7(16(18)19)1-2-9(8)20-12(17)11(10)22-13/h1-3H. The fourth-order valence-corrected chi connectivity index (χ4v) is 4.32. The van der Waals surface area contributed by atoms with E-state index in [9.17, 15) is 14.9 Å². The SMILES string of the molecule is N#CC(C#N)=C1Sc2c(c3cc([N+](=O)[O-])ccc3oc2=O)S1. The molecule has 0 atom stereocenters. The predicted molar refractivity (Wildman–Crippen MR) is 79.1 cm³/mol. The van der Waals surface area contributed by atoms with Crippen LogP contribution in [0.15, 0.2) is 47.0 Å². The summed E-state index contributed by atoms with van der Waals surface area (Å²) in [5.41, 5.74) is -0.616. The van der Waals surface area contributed by atoms with E-state index in [-0.39, 0.29) is 21.7 Å². The summed E-state index contributed by atoms with van der Waals surface area (Å²) in [4.78, 5) is 23.0. The van der Waals surface area contributed by atoms with Crippen molar-refractivity contribution in [3.05, 3.63) is 48.5 Å². The van der Waals surface area contributed by atoms with Crippen molar-refractivity contribution >= 4 is 40.2 Å². The highest BCUT2D eigenvalue weighted by Gasteiger charge is 2.28. The highest BCUT2D eigenvalue weighted by Crippen LogP contribution is 2.53. The molecule has 106 valence electrons. The first kappa shape index (κ1) is 14.2. The molecule has 1 aromatic heterocycles. The van der Waals surface area contributed by atoms with Gasteiger partial charge in [-0.15, -0.1) is 0 Å². The van der Waals surface area contributed by atoms with Gasteiger partial charge in [0.25, 0.3) is 5.69 Å². The van der Waals surface area contributed by atoms with Gasteiger partial charge in [-0.05, 0) is 6.07 Å². The molecule has 0 saturated carbocycles. The first-order valence-electron chi connectivity index (χ1n) is 5.70. The van der Waals surface area contributed by atoms with Gasteiger partial charge < -0.3 is 4.42 Å². The minimum absolute atomic E-state index is 0.107. The summed E-state index contributed by atoms with van der Waals surface area (Å²) in [5, 5.41) is 29.1. The van der Waals surface area contributed by atoms with Crippen LogP contribution in [0, 0.1) is 32.8 Å². The molecule has 2 heterocycles. The number of nitro benzene ring substituents is 1. The molecule has 22 heavy (non-hydrogen) atoms. The van der Waals surface area contributed by atoms with Gasteiger partial charge in [0, 0.05) is 22.4 Å². The number of non-ortho nitro benzene ring substituents is 1. The van der Waals surface area contributed by atoms with E-state index in [2.05, 4.69) is 0 Å². The molecule has 0 spiro atoms. The zero-order chi connectivity index (χ0) is 15.9. The van der Waals surface area contributed by atoms with Crippen molar-refractivity contribution in [2.45, 2.75) is 9.79 Å². The van der Waals surface area contributed by atoms with Crippen molar-refractivity contribution in [1.29, 1.82) is 10.5 Å². The lowest BCUT2D eigenvalue weighted by Gasteiger charge is -2.01. The van der Waals surface area contributed by atoms with E-state index in [1.54, 1.807) is 12.1 Å². The topological polar surface area (TPSA) is 121 Å². The molecule has 9 heteroatoms. The first-order chi connectivity index (χ1) is 10.5. The number of hydrogen-bond donors (Lipinski definition) is 0. The van der Waals surface area contributed by atoms with E-state index >= 15 is 0 Å². The quantitative estimate of drug-likeness (QED) is 0.338. The lowest BCUT2D eigenvalue weighted by atomic mass is 10.2. The third kappa shape index (κ3) is 2.13. The molecule has 0 N–H and O–H groups in total. The number of nitriles is 2. The number of nitrogens with zero attached hydrogens (tertiary/aromatic N) is 3. The van der Waals surface area contributed by atoms with E-state index in [1.165, 1.54) is 18.2 Å². The molecule has 7 nitrogen and oxygen atoms in total. The Morgan fingerprint density at radius 2 is 1.91 bits per heavy atom. The number of rotatable bonds is 1. The molecule has 0 aliphatic carbocycles. The predicted octanol–water partition coefficient (Wildman–Crippen LogP) is 3.16. The van der Waals surface area contributed by atoms with E-state index in [4.69, 9.17) is 14.9 Å². The van der Waals surface area contributed by atoms with Gasteiger partial charge in [-0.25, -0.2) is 4.79 Å². The molecule has 0 radical (unpaired) electrons. The minimum atomic E-state index is -0.598. The molecule has 0 bridgehead atoms. The molecule has 1 aliphatic heterocycles. The van der Waals surface area contributed by atoms with Crippen molar-refractivity contribution < 1.29 is 9.34 Å². The fourth-order valence-electron chi connectivity index (χ4n) is 1.87.